The van der Waals surface area contributed by atoms with Crippen LogP contribution < -0.4 is 0 Å². The molecule has 0 aliphatic rings. The molecule has 0 aromatic heterocycles. The van der Waals surface area contributed by atoms with Crippen LogP contribution in [0.5, 0.6) is 0 Å². The molecule has 1 unspecified atom stereocenters. The van der Waals surface area contributed by atoms with Gasteiger partial charge in [0.25, 0.3) is 0 Å². The van der Waals surface area contributed by atoms with E-state index >= 15 is 0 Å². The van der Waals surface area contributed by atoms with Crippen molar-refractivity contribution in [3.8, 4) is 0 Å². The van der Waals surface area contributed by atoms with Crippen molar-refractivity contribution in [1.29, 1.82) is 0 Å². The van der Waals surface area contributed by atoms with Crippen molar-refractivity contribution in [1.82, 2.24) is 0 Å². The van der Waals surface area contributed by atoms with Crippen molar-refractivity contribution in [3.05, 3.63) is 24.3 Å². The van der Waals surface area contributed by atoms with Crippen LogP contribution in [0.15, 0.2) is 24.3 Å². The largest absolute Gasteiger partial charge is 0.462 e. The van der Waals surface area contributed by atoms with Crippen LogP contribution in [-0.4, -0.2) is 37.2 Å². The summed E-state index contributed by atoms with van der Waals surface area (Å²) in [6.07, 6.45) is 67.4. The second-order valence-electron chi connectivity index (χ2n) is 20.6. The van der Waals surface area contributed by atoms with Gasteiger partial charge in [0.1, 0.15) is 13.2 Å². The van der Waals surface area contributed by atoms with E-state index in [4.69, 9.17) is 14.2 Å². The van der Waals surface area contributed by atoms with Crippen LogP contribution in [0.1, 0.15) is 335 Å². The third-order valence-electron chi connectivity index (χ3n) is 13.7. The number of esters is 3. The van der Waals surface area contributed by atoms with E-state index in [2.05, 4.69) is 45.1 Å². The second-order valence-corrected chi connectivity index (χ2v) is 20.6. The molecule has 0 heterocycles. The minimum Gasteiger partial charge on any atom is -0.462 e. The monoisotopic (exact) mass is 957 g/mol. The Morgan fingerprint density at radius 3 is 0.735 bits per heavy atom. The number of unbranched alkanes of at least 4 members (excludes halogenated alkanes) is 41. The molecular weight excluding hydrogens is 841 g/mol. The molecule has 0 aromatic carbocycles. The molecule has 0 radical (unpaired) electrons. The zero-order chi connectivity index (χ0) is 49.3. The molecule has 0 saturated carbocycles. The molecule has 0 spiro atoms. The Bertz CT molecular complexity index is 1100. The fourth-order valence-corrected chi connectivity index (χ4v) is 9.08. The molecule has 68 heavy (non-hydrogen) atoms. The number of carbonyl (C=O) groups is 3. The summed E-state index contributed by atoms with van der Waals surface area (Å²) < 4.78 is 16.9. The molecule has 400 valence electrons. The van der Waals surface area contributed by atoms with E-state index in [-0.39, 0.29) is 31.1 Å². The maximum absolute atomic E-state index is 12.9. The van der Waals surface area contributed by atoms with E-state index in [9.17, 15) is 14.4 Å². The molecule has 1 atom stereocenters. The van der Waals surface area contributed by atoms with Crippen LogP contribution in [0.3, 0.4) is 0 Å². The van der Waals surface area contributed by atoms with Crippen LogP contribution in [0.2, 0.25) is 0 Å². The maximum atomic E-state index is 12.9. The molecule has 0 aliphatic heterocycles. The Kier molecular flexibility index (Phi) is 55.7. The quantitative estimate of drug-likeness (QED) is 0.0262. The van der Waals surface area contributed by atoms with Gasteiger partial charge >= 0.3 is 17.9 Å². The smallest absolute Gasteiger partial charge is 0.306 e. The van der Waals surface area contributed by atoms with E-state index in [1.807, 2.05) is 0 Å². The molecule has 0 fully saturated rings. The van der Waals surface area contributed by atoms with Gasteiger partial charge in [-0.3, -0.25) is 14.4 Å². The summed E-state index contributed by atoms with van der Waals surface area (Å²) in [6, 6.07) is 0. The first-order valence-corrected chi connectivity index (χ1v) is 30.3. The van der Waals surface area contributed by atoms with Gasteiger partial charge in [-0.25, -0.2) is 0 Å². The first-order valence-electron chi connectivity index (χ1n) is 30.3. The average molecular weight is 958 g/mol. The van der Waals surface area contributed by atoms with Crippen molar-refractivity contribution in [2.45, 2.75) is 341 Å². The summed E-state index contributed by atoms with van der Waals surface area (Å²) in [6.45, 7) is 6.67. The highest BCUT2D eigenvalue weighted by molar-refractivity contribution is 5.71. The topological polar surface area (TPSA) is 78.9 Å². The molecule has 0 bridgehead atoms. The van der Waals surface area contributed by atoms with E-state index in [0.717, 1.165) is 70.6 Å². The molecule has 0 amide bonds. The number of hydrogen-bond donors (Lipinski definition) is 0. The zero-order valence-electron chi connectivity index (χ0n) is 45.9. The van der Waals surface area contributed by atoms with Crippen LogP contribution in [0.25, 0.3) is 0 Å². The highest BCUT2D eigenvalue weighted by Crippen LogP contribution is 2.17. The van der Waals surface area contributed by atoms with Gasteiger partial charge in [-0.05, 0) is 70.6 Å². The molecule has 0 aromatic rings. The van der Waals surface area contributed by atoms with Crippen molar-refractivity contribution < 1.29 is 28.6 Å². The van der Waals surface area contributed by atoms with Gasteiger partial charge in [0.05, 0.1) is 0 Å². The summed E-state index contributed by atoms with van der Waals surface area (Å²) >= 11 is 0. The highest BCUT2D eigenvalue weighted by atomic mass is 16.6. The highest BCUT2D eigenvalue weighted by Gasteiger charge is 2.19. The normalized spacial score (nSPS) is 12.1. The van der Waals surface area contributed by atoms with Crippen LogP contribution in [0.4, 0.5) is 0 Å². The lowest BCUT2D eigenvalue weighted by molar-refractivity contribution is -0.167. The van der Waals surface area contributed by atoms with Crippen LogP contribution in [0, 0.1) is 0 Å². The number of carbonyl (C=O) groups excluding carboxylic acids is 3. The van der Waals surface area contributed by atoms with E-state index < -0.39 is 6.10 Å². The van der Waals surface area contributed by atoms with Crippen molar-refractivity contribution in [2.75, 3.05) is 13.2 Å². The van der Waals surface area contributed by atoms with Crippen molar-refractivity contribution >= 4 is 17.9 Å². The molecule has 0 N–H and O–H groups in total. The predicted octanol–water partition coefficient (Wildman–Crippen LogP) is 20.3. The minimum atomic E-state index is -0.775. The van der Waals surface area contributed by atoms with Gasteiger partial charge < -0.3 is 14.2 Å². The van der Waals surface area contributed by atoms with Crippen molar-refractivity contribution in [2.24, 2.45) is 0 Å². The zero-order valence-corrected chi connectivity index (χ0v) is 45.9. The summed E-state index contributed by atoms with van der Waals surface area (Å²) in [5, 5.41) is 0. The Hall–Kier alpha value is -2.11. The van der Waals surface area contributed by atoms with Gasteiger partial charge in [-0.1, -0.05) is 270 Å². The van der Waals surface area contributed by atoms with Gasteiger partial charge in [-0.15, -0.1) is 0 Å². The fraction of sp³-hybridized carbons (Fsp3) is 0.887. The number of rotatable bonds is 56. The molecule has 0 aliphatic carbocycles. The Balaban J connectivity index is 4.31. The van der Waals surface area contributed by atoms with E-state index in [0.29, 0.717) is 19.3 Å². The van der Waals surface area contributed by atoms with Crippen LogP contribution in [-0.2, 0) is 28.6 Å². The number of hydrogen-bond acceptors (Lipinski definition) is 6. The number of ether oxygens (including phenoxy) is 3. The first-order chi connectivity index (χ1) is 33.5. The summed E-state index contributed by atoms with van der Waals surface area (Å²) in [5.41, 5.74) is 0. The summed E-state index contributed by atoms with van der Waals surface area (Å²) in [7, 11) is 0. The van der Waals surface area contributed by atoms with Gasteiger partial charge in [0.15, 0.2) is 6.10 Å². The predicted molar refractivity (Wildman–Crippen MR) is 293 cm³/mol. The molecule has 6 heteroatoms. The van der Waals surface area contributed by atoms with E-state index in [1.54, 1.807) is 0 Å². The lowest BCUT2D eigenvalue weighted by Gasteiger charge is -2.18. The third-order valence-corrected chi connectivity index (χ3v) is 13.7. The standard InChI is InChI=1S/C62H116O6/c1-4-7-10-13-16-19-22-25-28-29-30-31-32-35-37-40-43-46-49-52-55-61(64)67-58-59(68-62(65)56-53-50-47-44-41-38-34-27-24-21-18-15-12-9-6-3)57-66-60(63)54-51-48-45-42-39-36-33-26-23-20-17-14-11-8-5-2/h26-27,33-34,59H,4-25,28-32,35-58H2,1-3H3/b33-26-,34-27-. The lowest BCUT2D eigenvalue weighted by atomic mass is 10.0. The SMILES string of the molecule is CCCCCCCC/C=C\CCCCCCCC(=O)OCC(COC(=O)CCCCCCCCCCCCCCCCCCCCCC)OC(=O)CCCCCCC/C=C\CCCCCCCC. The number of allylic oxidation sites excluding steroid dienone is 4. The third kappa shape index (κ3) is 54.8. The van der Waals surface area contributed by atoms with Gasteiger partial charge in [0.2, 0.25) is 0 Å². The summed E-state index contributed by atoms with van der Waals surface area (Å²) in [4.78, 5) is 38.2. The van der Waals surface area contributed by atoms with Gasteiger partial charge in [-0.2, -0.15) is 0 Å². The molecule has 6 nitrogen and oxygen atoms in total. The Morgan fingerprint density at radius 2 is 0.485 bits per heavy atom. The molecular formula is C62H116O6. The lowest BCUT2D eigenvalue weighted by Crippen LogP contribution is -2.30. The second kappa shape index (κ2) is 57.5. The molecule has 0 saturated heterocycles. The fourth-order valence-electron chi connectivity index (χ4n) is 9.08. The van der Waals surface area contributed by atoms with E-state index in [1.165, 1.54) is 225 Å². The maximum Gasteiger partial charge on any atom is 0.306 e. The Labute approximate surface area is 423 Å². The van der Waals surface area contributed by atoms with Gasteiger partial charge in [0, 0.05) is 19.3 Å². The first kappa shape index (κ1) is 65.9. The Morgan fingerprint density at radius 1 is 0.279 bits per heavy atom. The average Bonchev–Trinajstić information content (AvgIpc) is 3.34. The molecule has 0 rings (SSSR count). The van der Waals surface area contributed by atoms with Crippen molar-refractivity contribution in [3.63, 3.8) is 0 Å². The summed E-state index contributed by atoms with van der Waals surface area (Å²) in [5.74, 6) is -0.868. The minimum absolute atomic E-state index is 0.0726. The van der Waals surface area contributed by atoms with Crippen LogP contribution >= 0.6 is 0 Å².